The molecule has 0 radical (unpaired) electrons. The summed E-state index contributed by atoms with van der Waals surface area (Å²) in [6.45, 7) is 5.23. The molecule has 0 saturated carbocycles. The van der Waals surface area contributed by atoms with E-state index in [0.29, 0.717) is 39.5 Å². The van der Waals surface area contributed by atoms with Crippen molar-refractivity contribution in [2.24, 2.45) is 0 Å². The zero-order chi connectivity index (χ0) is 16.2. The van der Waals surface area contributed by atoms with Crippen LogP contribution in [0, 0.1) is 0 Å². The molecule has 2 aliphatic heterocycles. The van der Waals surface area contributed by atoms with E-state index in [9.17, 15) is 9.59 Å². The van der Waals surface area contributed by atoms with Crippen LogP contribution >= 0.6 is 0 Å². The SMILES string of the molecule is C[C@@H](Nc1cccc(N2CCOC2=O)c1)C(=O)N1CCOCC1. The molecule has 0 spiro atoms. The maximum Gasteiger partial charge on any atom is 0.414 e. The Hall–Kier alpha value is -2.28. The molecule has 124 valence electrons. The summed E-state index contributed by atoms with van der Waals surface area (Å²) in [5, 5.41) is 3.21. The van der Waals surface area contributed by atoms with Gasteiger partial charge >= 0.3 is 6.09 Å². The van der Waals surface area contributed by atoms with E-state index in [2.05, 4.69) is 5.32 Å². The van der Waals surface area contributed by atoms with Gasteiger partial charge in [0.25, 0.3) is 0 Å². The van der Waals surface area contributed by atoms with Crippen molar-refractivity contribution in [2.75, 3.05) is 49.7 Å². The monoisotopic (exact) mass is 319 g/mol. The molecule has 0 bridgehead atoms. The summed E-state index contributed by atoms with van der Waals surface area (Å²) >= 11 is 0. The molecule has 2 aliphatic rings. The third-order valence-electron chi connectivity index (χ3n) is 4.00. The van der Waals surface area contributed by atoms with Gasteiger partial charge in [-0.15, -0.1) is 0 Å². The second kappa shape index (κ2) is 6.87. The number of morpholine rings is 1. The Morgan fingerprint density at radius 3 is 2.70 bits per heavy atom. The van der Waals surface area contributed by atoms with Gasteiger partial charge in [0.1, 0.15) is 12.6 Å². The summed E-state index contributed by atoms with van der Waals surface area (Å²) in [6.07, 6.45) is -0.334. The summed E-state index contributed by atoms with van der Waals surface area (Å²) in [5.41, 5.74) is 1.57. The van der Waals surface area contributed by atoms with E-state index >= 15 is 0 Å². The third kappa shape index (κ3) is 3.56. The van der Waals surface area contributed by atoms with E-state index in [4.69, 9.17) is 9.47 Å². The normalized spacial score (nSPS) is 19.4. The molecule has 2 heterocycles. The number of anilines is 2. The minimum absolute atomic E-state index is 0.0549. The number of nitrogens with one attached hydrogen (secondary N) is 1. The lowest BCUT2D eigenvalue weighted by atomic mass is 10.2. The molecular formula is C16H21N3O4. The van der Waals surface area contributed by atoms with Gasteiger partial charge in [-0.25, -0.2) is 4.79 Å². The van der Waals surface area contributed by atoms with Gasteiger partial charge in [-0.3, -0.25) is 9.69 Å². The molecule has 1 aromatic rings. The lowest BCUT2D eigenvalue weighted by Gasteiger charge is -2.29. The van der Waals surface area contributed by atoms with E-state index in [1.165, 1.54) is 0 Å². The number of hydrogen-bond acceptors (Lipinski definition) is 5. The summed E-state index contributed by atoms with van der Waals surface area (Å²) in [4.78, 5) is 27.4. The third-order valence-corrected chi connectivity index (χ3v) is 4.00. The number of cyclic esters (lactones) is 1. The Balaban J connectivity index is 1.65. The molecule has 1 N–H and O–H groups in total. The summed E-state index contributed by atoms with van der Waals surface area (Å²) in [6, 6.07) is 7.11. The molecule has 1 atom stereocenters. The average Bonchev–Trinajstić information content (AvgIpc) is 3.01. The average molecular weight is 319 g/mol. The molecule has 7 heteroatoms. The first-order chi connectivity index (χ1) is 11.1. The molecular weight excluding hydrogens is 298 g/mol. The van der Waals surface area contributed by atoms with E-state index < -0.39 is 0 Å². The maximum absolute atomic E-state index is 12.4. The van der Waals surface area contributed by atoms with Crippen LogP contribution < -0.4 is 10.2 Å². The van der Waals surface area contributed by atoms with Crippen LogP contribution in [0.4, 0.5) is 16.2 Å². The van der Waals surface area contributed by atoms with Crippen molar-refractivity contribution in [3.63, 3.8) is 0 Å². The molecule has 0 aromatic heterocycles. The fourth-order valence-corrected chi connectivity index (χ4v) is 2.76. The van der Waals surface area contributed by atoms with Crippen LogP contribution in [0.3, 0.4) is 0 Å². The van der Waals surface area contributed by atoms with E-state index in [-0.39, 0.29) is 18.0 Å². The van der Waals surface area contributed by atoms with Gasteiger partial charge in [0.05, 0.1) is 19.8 Å². The summed E-state index contributed by atoms with van der Waals surface area (Å²) < 4.78 is 10.2. The van der Waals surface area contributed by atoms with Crippen LogP contribution in [0.25, 0.3) is 0 Å². The lowest BCUT2D eigenvalue weighted by molar-refractivity contribution is -0.135. The van der Waals surface area contributed by atoms with Crippen LogP contribution in [-0.2, 0) is 14.3 Å². The Labute approximate surface area is 135 Å². The molecule has 7 nitrogen and oxygen atoms in total. The highest BCUT2D eigenvalue weighted by atomic mass is 16.6. The largest absolute Gasteiger partial charge is 0.447 e. The van der Waals surface area contributed by atoms with Gasteiger partial charge in [-0.2, -0.15) is 0 Å². The van der Waals surface area contributed by atoms with Gasteiger partial charge in [-0.1, -0.05) is 6.07 Å². The smallest absolute Gasteiger partial charge is 0.414 e. The number of nitrogens with zero attached hydrogens (tertiary/aromatic N) is 2. The number of benzene rings is 1. The quantitative estimate of drug-likeness (QED) is 0.906. The van der Waals surface area contributed by atoms with Crippen LogP contribution in [-0.4, -0.2) is 62.4 Å². The molecule has 0 unspecified atom stereocenters. The Morgan fingerprint density at radius 2 is 2.00 bits per heavy atom. The first-order valence-electron chi connectivity index (χ1n) is 7.82. The van der Waals surface area contributed by atoms with Crippen molar-refractivity contribution < 1.29 is 19.1 Å². The Morgan fingerprint density at radius 1 is 1.22 bits per heavy atom. The topological polar surface area (TPSA) is 71.1 Å². The summed E-state index contributed by atoms with van der Waals surface area (Å²) in [5.74, 6) is 0.0549. The molecule has 2 amide bonds. The molecule has 2 saturated heterocycles. The van der Waals surface area contributed by atoms with Crippen LogP contribution in [0.2, 0.25) is 0 Å². The number of hydrogen-bond donors (Lipinski definition) is 1. The zero-order valence-electron chi connectivity index (χ0n) is 13.2. The predicted octanol–water partition coefficient (Wildman–Crippen LogP) is 1.30. The van der Waals surface area contributed by atoms with Gasteiger partial charge in [0, 0.05) is 24.5 Å². The molecule has 3 rings (SSSR count). The van der Waals surface area contributed by atoms with Gasteiger partial charge in [0.2, 0.25) is 5.91 Å². The van der Waals surface area contributed by atoms with E-state index in [1.54, 1.807) is 4.90 Å². The first kappa shape index (κ1) is 15.6. The van der Waals surface area contributed by atoms with E-state index in [0.717, 1.165) is 11.4 Å². The van der Waals surface area contributed by atoms with Crippen molar-refractivity contribution in [1.29, 1.82) is 0 Å². The van der Waals surface area contributed by atoms with Gasteiger partial charge < -0.3 is 19.7 Å². The highest BCUT2D eigenvalue weighted by Gasteiger charge is 2.25. The minimum atomic E-state index is -0.339. The maximum atomic E-state index is 12.4. The molecule has 1 aromatic carbocycles. The number of rotatable bonds is 4. The number of amides is 2. The number of ether oxygens (including phenoxy) is 2. The second-order valence-electron chi connectivity index (χ2n) is 5.62. The standard InChI is InChI=1S/C16H21N3O4/c1-12(15(20)18-5-8-22-9-6-18)17-13-3-2-4-14(11-13)19-7-10-23-16(19)21/h2-4,11-12,17H,5-10H2,1H3/t12-/m1/s1. The van der Waals surface area contributed by atoms with Crippen LogP contribution in [0.1, 0.15) is 6.92 Å². The Bertz CT molecular complexity index is 586. The van der Waals surface area contributed by atoms with Crippen LogP contribution in [0.15, 0.2) is 24.3 Å². The lowest BCUT2D eigenvalue weighted by Crippen LogP contribution is -2.47. The zero-order valence-corrected chi connectivity index (χ0v) is 13.2. The number of carbonyl (C=O) groups is 2. The van der Waals surface area contributed by atoms with E-state index in [1.807, 2.05) is 36.1 Å². The van der Waals surface area contributed by atoms with Crippen molar-refractivity contribution in [3.8, 4) is 0 Å². The van der Waals surface area contributed by atoms with Crippen molar-refractivity contribution >= 4 is 23.4 Å². The van der Waals surface area contributed by atoms with Crippen molar-refractivity contribution in [2.45, 2.75) is 13.0 Å². The highest BCUT2D eigenvalue weighted by Crippen LogP contribution is 2.23. The fourth-order valence-electron chi connectivity index (χ4n) is 2.76. The fraction of sp³-hybridized carbons (Fsp3) is 0.500. The van der Waals surface area contributed by atoms with Crippen LogP contribution in [0.5, 0.6) is 0 Å². The predicted molar refractivity (Wildman–Crippen MR) is 85.6 cm³/mol. The molecule has 0 aliphatic carbocycles. The Kier molecular flexibility index (Phi) is 4.66. The highest BCUT2D eigenvalue weighted by molar-refractivity contribution is 5.90. The number of carbonyl (C=O) groups excluding carboxylic acids is 2. The van der Waals surface area contributed by atoms with Gasteiger partial charge in [0.15, 0.2) is 0 Å². The van der Waals surface area contributed by atoms with Crippen molar-refractivity contribution in [1.82, 2.24) is 4.90 Å². The summed E-state index contributed by atoms with van der Waals surface area (Å²) in [7, 11) is 0. The molecule has 23 heavy (non-hydrogen) atoms. The van der Waals surface area contributed by atoms with Gasteiger partial charge in [-0.05, 0) is 25.1 Å². The molecule has 2 fully saturated rings. The van der Waals surface area contributed by atoms with Crippen molar-refractivity contribution in [3.05, 3.63) is 24.3 Å². The minimum Gasteiger partial charge on any atom is -0.447 e. The first-order valence-corrected chi connectivity index (χ1v) is 7.82. The second-order valence-corrected chi connectivity index (χ2v) is 5.62.